The normalized spacial score (nSPS) is 29.0. The lowest BCUT2D eigenvalue weighted by Crippen LogP contribution is -2.35. The van der Waals surface area contributed by atoms with Crippen LogP contribution >= 0.6 is 15.9 Å². The number of hydrogen-bond acceptors (Lipinski definition) is 3. The SMILES string of the molecule is CC1CC(Oc2ccc([C@@H](C)N)cc2Br)CC(C)O1. The number of hydrogen-bond donors (Lipinski definition) is 1. The van der Waals surface area contributed by atoms with Crippen LogP contribution in [0, 0.1) is 0 Å². The van der Waals surface area contributed by atoms with Crippen molar-refractivity contribution in [2.45, 2.75) is 58.0 Å². The van der Waals surface area contributed by atoms with Gasteiger partial charge in [0.1, 0.15) is 11.9 Å². The van der Waals surface area contributed by atoms with Gasteiger partial charge in [-0.05, 0) is 54.4 Å². The zero-order chi connectivity index (χ0) is 14.0. The molecule has 3 atom stereocenters. The number of benzene rings is 1. The lowest BCUT2D eigenvalue weighted by Gasteiger charge is -2.32. The van der Waals surface area contributed by atoms with Crippen molar-refractivity contribution in [1.29, 1.82) is 0 Å². The number of ether oxygens (including phenoxy) is 2. The Morgan fingerprint density at radius 1 is 1.32 bits per heavy atom. The second-order valence-electron chi connectivity index (χ2n) is 5.45. The number of rotatable bonds is 3. The predicted molar refractivity (Wildman–Crippen MR) is 80.4 cm³/mol. The van der Waals surface area contributed by atoms with Gasteiger partial charge in [0, 0.05) is 18.9 Å². The Kier molecular flexibility index (Phi) is 4.87. The fourth-order valence-electron chi connectivity index (χ4n) is 2.52. The molecule has 1 aliphatic rings. The third-order valence-corrected chi connectivity index (χ3v) is 4.05. The summed E-state index contributed by atoms with van der Waals surface area (Å²) < 4.78 is 12.8. The Labute approximate surface area is 123 Å². The second kappa shape index (κ2) is 6.25. The van der Waals surface area contributed by atoms with E-state index in [4.69, 9.17) is 15.2 Å². The number of halogens is 1. The van der Waals surface area contributed by atoms with Gasteiger partial charge in [-0.25, -0.2) is 0 Å². The van der Waals surface area contributed by atoms with E-state index in [9.17, 15) is 0 Å². The quantitative estimate of drug-likeness (QED) is 0.918. The van der Waals surface area contributed by atoms with Crippen molar-refractivity contribution in [1.82, 2.24) is 0 Å². The Hall–Kier alpha value is -0.580. The average Bonchev–Trinajstić information content (AvgIpc) is 2.30. The van der Waals surface area contributed by atoms with Crippen LogP contribution in [0.15, 0.2) is 22.7 Å². The largest absolute Gasteiger partial charge is 0.489 e. The van der Waals surface area contributed by atoms with Crippen molar-refractivity contribution in [2.75, 3.05) is 0 Å². The van der Waals surface area contributed by atoms with Crippen molar-refractivity contribution in [3.63, 3.8) is 0 Å². The summed E-state index contributed by atoms with van der Waals surface area (Å²) in [5.74, 6) is 0.885. The summed E-state index contributed by atoms with van der Waals surface area (Å²) in [5, 5.41) is 0. The van der Waals surface area contributed by atoms with E-state index in [1.165, 1.54) is 0 Å². The minimum atomic E-state index is 0.0356. The van der Waals surface area contributed by atoms with Gasteiger partial charge in [-0.3, -0.25) is 0 Å². The van der Waals surface area contributed by atoms with Crippen LogP contribution in [0.1, 0.15) is 45.2 Å². The lowest BCUT2D eigenvalue weighted by atomic mass is 10.0. The molecular weight excluding hydrogens is 306 g/mol. The van der Waals surface area contributed by atoms with Gasteiger partial charge in [-0.2, -0.15) is 0 Å². The summed E-state index contributed by atoms with van der Waals surface area (Å²) in [4.78, 5) is 0. The highest BCUT2D eigenvalue weighted by Crippen LogP contribution is 2.31. The maximum Gasteiger partial charge on any atom is 0.133 e. The van der Waals surface area contributed by atoms with E-state index in [0.29, 0.717) is 0 Å². The lowest BCUT2D eigenvalue weighted by molar-refractivity contribution is -0.0722. The Morgan fingerprint density at radius 3 is 2.47 bits per heavy atom. The van der Waals surface area contributed by atoms with Crippen LogP contribution in [0.2, 0.25) is 0 Å². The molecule has 2 N–H and O–H groups in total. The van der Waals surface area contributed by atoms with Gasteiger partial charge in [-0.15, -0.1) is 0 Å². The van der Waals surface area contributed by atoms with Crippen LogP contribution < -0.4 is 10.5 Å². The Balaban J connectivity index is 2.06. The summed E-state index contributed by atoms with van der Waals surface area (Å²) >= 11 is 3.56. The molecule has 4 heteroatoms. The first-order valence-electron chi connectivity index (χ1n) is 6.83. The molecule has 0 bridgehead atoms. The molecule has 2 unspecified atom stereocenters. The topological polar surface area (TPSA) is 44.5 Å². The molecular formula is C15H22BrNO2. The molecule has 0 aliphatic carbocycles. The average molecular weight is 328 g/mol. The van der Waals surface area contributed by atoms with Gasteiger partial charge in [0.05, 0.1) is 16.7 Å². The van der Waals surface area contributed by atoms with E-state index in [1.54, 1.807) is 0 Å². The zero-order valence-corrected chi connectivity index (χ0v) is 13.3. The third kappa shape index (κ3) is 3.94. The molecule has 19 heavy (non-hydrogen) atoms. The van der Waals surface area contributed by atoms with Gasteiger partial charge in [-0.1, -0.05) is 6.07 Å². The van der Waals surface area contributed by atoms with Crippen LogP contribution in [0.3, 0.4) is 0 Å². The minimum absolute atomic E-state index is 0.0356. The molecule has 0 radical (unpaired) electrons. The van der Waals surface area contributed by atoms with Crippen LogP contribution in [0.5, 0.6) is 5.75 Å². The van der Waals surface area contributed by atoms with Crippen LogP contribution in [-0.2, 0) is 4.74 Å². The fourth-order valence-corrected chi connectivity index (χ4v) is 3.01. The highest BCUT2D eigenvalue weighted by atomic mass is 79.9. The first kappa shape index (κ1) is 14.8. The van der Waals surface area contributed by atoms with Gasteiger partial charge >= 0.3 is 0 Å². The Bertz CT molecular complexity index is 426. The standard InChI is InChI=1S/C15H22BrNO2/c1-9-6-13(7-10(2)18-9)19-15-5-4-12(11(3)17)8-14(15)16/h4-5,8-11,13H,6-7,17H2,1-3H3/t9?,10?,11-,13?/m1/s1. The molecule has 1 aromatic carbocycles. The zero-order valence-electron chi connectivity index (χ0n) is 11.7. The van der Waals surface area contributed by atoms with E-state index in [-0.39, 0.29) is 24.4 Å². The summed E-state index contributed by atoms with van der Waals surface area (Å²) in [6.07, 6.45) is 2.61. The molecule has 1 aliphatic heterocycles. The third-order valence-electron chi connectivity index (χ3n) is 3.43. The Morgan fingerprint density at radius 2 is 1.95 bits per heavy atom. The first-order chi connectivity index (χ1) is 8.95. The molecule has 1 saturated heterocycles. The van der Waals surface area contributed by atoms with Crippen molar-refractivity contribution in [3.8, 4) is 5.75 Å². The van der Waals surface area contributed by atoms with Crippen LogP contribution in [0.4, 0.5) is 0 Å². The summed E-state index contributed by atoms with van der Waals surface area (Å²) in [5.41, 5.74) is 6.98. The van der Waals surface area contributed by atoms with Gasteiger partial charge in [0.2, 0.25) is 0 Å². The van der Waals surface area contributed by atoms with Gasteiger partial charge in [0.25, 0.3) is 0 Å². The molecule has 0 amide bonds. The van der Waals surface area contributed by atoms with Crippen LogP contribution in [0.25, 0.3) is 0 Å². The second-order valence-corrected chi connectivity index (χ2v) is 6.30. The molecule has 3 nitrogen and oxygen atoms in total. The van der Waals surface area contributed by atoms with Gasteiger partial charge < -0.3 is 15.2 Å². The maximum absolute atomic E-state index is 6.09. The smallest absolute Gasteiger partial charge is 0.133 e. The predicted octanol–water partition coefficient (Wildman–Crippen LogP) is 3.80. The van der Waals surface area contributed by atoms with E-state index in [0.717, 1.165) is 28.6 Å². The summed E-state index contributed by atoms with van der Waals surface area (Å²) in [6, 6.07) is 6.09. The monoisotopic (exact) mass is 327 g/mol. The molecule has 0 aromatic heterocycles. The molecule has 0 saturated carbocycles. The molecule has 1 heterocycles. The maximum atomic E-state index is 6.09. The first-order valence-corrected chi connectivity index (χ1v) is 7.62. The fraction of sp³-hybridized carbons (Fsp3) is 0.600. The highest BCUT2D eigenvalue weighted by molar-refractivity contribution is 9.10. The molecule has 2 rings (SSSR count). The van der Waals surface area contributed by atoms with Crippen molar-refractivity contribution >= 4 is 15.9 Å². The van der Waals surface area contributed by atoms with Crippen molar-refractivity contribution in [3.05, 3.63) is 28.2 Å². The molecule has 1 fully saturated rings. The van der Waals surface area contributed by atoms with Gasteiger partial charge in [0.15, 0.2) is 0 Å². The highest BCUT2D eigenvalue weighted by Gasteiger charge is 2.26. The van der Waals surface area contributed by atoms with E-state index in [1.807, 2.05) is 25.1 Å². The molecule has 1 aromatic rings. The molecule has 106 valence electrons. The van der Waals surface area contributed by atoms with Crippen LogP contribution in [-0.4, -0.2) is 18.3 Å². The van der Waals surface area contributed by atoms with E-state index < -0.39 is 0 Å². The van der Waals surface area contributed by atoms with Crippen molar-refractivity contribution in [2.24, 2.45) is 5.73 Å². The molecule has 0 spiro atoms. The van der Waals surface area contributed by atoms with E-state index >= 15 is 0 Å². The summed E-state index contributed by atoms with van der Waals surface area (Å²) in [6.45, 7) is 6.17. The summed E-state index contributed by atoms with van der Waals surface area (Å²) in [7, 11) is 0. The number of nitrogens with two attached hydrogens (primary N) is 1. The van der Waals surface area contributed by atoms with E-state index in [2.05, 4.69) is 29.8 Å². The van der Waals surface area contributed by atoms with Crippen molar-refractivity contribution < 1.29 is 9.47 Å². The minimum Gasteiger partial charge on any atom is -0.489 e.